The first-order valence-corrected chi connectivity index (χ1v) is 9.99. The summed E-state index contributed by atoms with van der Waals surface area (Å²) in [5.74, 6) is -0.140. The first-order valence-electron chi connectivity index (χ1n) is 9.61. The highest BCUT2D eigenvalue weighted by atomic mass is 35.5. The van der Waals surface area contributed by atoms with E-state index in [9.17, 15) is 14.4 Å². The number of hydrogen-bond donors (Lipinski definition) is 3. The highest BCUT2D eigenvalue weighted by molar-refractivity contribution is 6.30. The van der Waals surface area contributed by atoms with Crippen LogP contribution in [0.15, 0.2) is 48.5 Å². The van der Waals surface area contributed by atoms with E-state index in [1.807, 2.05) is 6.07 Å². The maximum absolute atomic E-state index is 12.0. The molecule has 31 heavy (non-hydrogen) atoms. The summed E-state index contributed by atoms with van der Waals surface area (Å²) in [6.07, 6.45) is -0.667. The molecule has 2 rings (SSSR count). The molecule has 166 valence electrons. The van der Waals surface area contributed by atoms with Crippen molar-refractivity contribution in [1.82, 2.24) is 10.6 Å². The van der Waals surface area contributed by atoms with Gasteiger partial charge in [0.1, 0.15) is 17.9 Å². The lowest BCUT2D eigenvalue weighted by molar-refractivity contribution is -0.123. The van der Waals surface area contributed by atoms with E-state index in [1.54, 1.807) is 63.2 Å². The lowest BCUT2D eigenvalue weighted by Crippen LogP contribution is -2.37. The molecule has 0 radical (unpaired) electrons. The Hall–Kier alpha value is -3.26. The van der Waals surface area contributed by atoms with Crippen LogP contribution >= 0.6 is 11.6 Å². The van der Waals surface area contributed by atoms with E-state index in [-0.39, 0.29) is 25.6 Å². The molecule has 0 aliphatic heterocycles. The summed E-state index contributed by atoms with van der Waals surface area (Å²) in [6.45, 7) is 5.12. The topological polar surface area (TPSA) is 106 Å². The van der Waals surface area contributed by atoms with Gasteiger partial charge in [0.25, 0.3) is 5.91 Å². The van der Waals surface area contributed by atoms with Crippen LogP contribution < -0.4 is 20.7 Å². The monoisotopic (exact) mass is 447 g/mol. The summed E-state index contributed by atoms with van der Waals surface area (Å²) in [4.78, 5) is 35.6. The number of nitrogens with one attached hydrogen (secondary N) is 3. The lowest BCUT2D eigenvalue weighted by Gasteiger charge is -2.19. The average molecular weight is 448 g/mol. The number of hydrogen-bond acceptors (Lipinski definition) is 5. The summed E-state index contributed by atoms with van der Waals surface area (Å²) < 4.78 is 10.5. The lowest BCUT2D eigenvalue weighted by atomic mass is 10.2. The molecular formula is C22H26ClN3O5. The van der Waals surface area contributed by atoms with E-state index in [0.717, 1.165) is 5.56 Å². The zero-order valence-electron chi connectivity index (χ0n) is 17.7. The molecule has 9 heteroatoms. The van der Waals surface area contributed by atoms with E-state index in [1.165, 1.54) is 0 Å². The predicted molar refractivity (Wildman–Crippen MR) is 118 cm³/mol. The SMILES string of the molecule is CC(C)(C)OC(=O)NCC(=O)Nc1cccc(CNC(=O)COc2ccc(Cl)cc2)c1. The molecule has 0 saturated carbocycles. The largest absolute Gasteiger partial charge is 0.484 e. The first kappa shape index (κ1) is 24.0. The molecule has 2 aromatic rings. The number of benzene rings is 2. The summed E-state index contributed by atoms with van der Waals surface area (Å²) in [5, 5.41) is 8.41. The van der Waals surface area contributed by atoms with E-state index in [2.05, 4.69) is 16.0 Å². The van der Waals surface area contributed by atoms with Crippen molar-refractivity contribution in [1.29, 1.82) is 0 Å². The fourth-order valence-corrected chi connectivity index (χ4v) is 2.49. The zero-order chi connectivity index (χ0) is 22.9. The van der Waals surface area contributed by atoms with Gasteiger partial charge in [-0.1, -0.05) is 23.7 Å². The molecule has 0 atom stereocenters. The third kappa shape index (κ3) is 9.86. The Morgan fingerprint density at radius 1 is 0.968 bits per heavy atom. The van der Waals surface area contributed by atoms with Gasteiger partial charge in [-0.2, -0.15) is 0 Å². The fourth-order valence-electron chi connectivity index (χ4n) is 2.36. The minimum absolute atomic E-state index is 0.131. The van der Waals surface area contributed by atoms with Crippen LogP contribution in [0.25, 0.3) is 0 Å². The number of amides is 3. The Morgan fingerprint density at radius 3 is 2.35 bits per heavy atom. The molecule has 3 N–H and O–H groups in total. The van der Waals surface area contributed by atoms with E-state index in [0.29, 0.717) is 16.5 Å². The van der Waals surface area contributed by atoms with Gasteiger partial charge < -0.3 is 25.4 Å². The van der Waals surface area contributed by atoms with Gasteiger partial charge in [0.2, 0.25) is 5.91 Å². The molecule has 0 saturated heterocycles. The molecule has 0 heterocycles. The highest BCUT2D eigenvalue weighted by Crippen LogP contribution is 2.15. The van der Waals surface area contributed by atoms with Crippen molar-refractivity contribution in [2.45, 2.75) is 32.9 Å². The normalized spacial score (nSPS) is 10.7. The van der Waals surface area contributed by atoms with E-state index in [4.69, 9.17) is 21.1 Å². The first-order chi connectivity index (χ1) is 14.6. The van der Waals surface area contributed by atoms with E-state index < -0.39 is 17.6 Å². The second kappa shape index (κ2) is 11.2. The van der Waals surface area contributed by atoms with Crippen molar-refractivity contribution in [3.05, 3.63) is 59.1 Å². The Labute approximate surface area is 186 Å². The van der Waals surface area contributed by atoms with Crippen LogP contribution in [-0.4, -0.2) is 36.7 Å². The van der Waals surface area contributed by atoms with Crippen molar-refractivity contribution in [3.8, 4) is 5.75 Å². The Kier molecular flexibility index (Phi) is 8.69. The summed E-state index contributed by atoms with van der Waals surface area (Å²) in [5.41, 5.74) is 0.692. The summed E-state index contributed by atoms with van der Waals surface area (Å²) >= 11 is 5.81. The Balaban J connectivity index is 1.75. The zero-order valence-corrected chi connectivity index (χ0v) is 18.4. The van der Waals surface area contributed by atoms with Gasteiger partial charge in [0, 0.05) is 17.3 Å². The second-order valence-electron chi connectivity index (χ2n) is 7.62. The Bertz CT molecular complexity index is 910. The third-order valence-electron chi connectivity index (χ3n) is 3.68. The standard InChI is InChI=1S/C22H26ClN3O5/c1-22(2,3)31-21(29)25-13-19(27)26-17-6-4-5-15(11-17)12-24-20(28)14-30-18-9-7-16(23)8-10-18/h4-11H,12-14H2,1-3H3,(H,24,28)(H,25,29)(H,26,27). The minimum atomic E-state index is -0.667. The molecule has 2 aromatic carbocycles. The number of carbonyl (C=O) groups is 3. The van der Waals surface area contributed by atoms with Gasteiger partial charge >= 0.3 is 6.09 Å². The molecule has 0 unspecified atom stereocenters. The van der Waals surface area contributed by atoms with Crippen molar-refractivity contribution in [3.63, 3.8) is 0 Å². The van der Waals surface area contributed by atoms with E-state index >= 15 is 0 Å². The number of rotatable bonds is 8. The average Bonchev–Trinajstić information content (AvgIpc) is 2.69. The number of ether oxygens (including phenoxy) is 2. The number of alkyl carbamates (subject to hydrolysis) is 1. The minimum Gasteiger partial charge on any atom is -0.484 e. The number of carbonyl (C=O) groups excluding carboxylic acids is 3. The van der Waals surface area contributed by atoms with Crippen LogP contribution in [0, 0.1) is 0 Å². The van der Waals surface area contributed by atoms with Crippen LogP contribution in [0.2, 0.25) is 5.02 Å². The van der Waals surface area contributed by atoms with Crippen LogP contribution in [0.4, 0.5) is 10.5 Å². The highest BCUT2D eigenvalue weighted by Gasteiger charge is 2.16. The van der Waals surface area contributed by atoms with Crippen molar-refractivity contribution < 1.29 is 23.9 Å². The van der Waals surface area contributed by atoms with Crippen LogP contribution in [0.1, 0.15) is 26.3 Å². The van der Waals surface area contributed by atoms with Gasteiger partial charge in [0.05, 0.1) is 0 Å². The molecule has 3 amide bonds. The van der Waals surface area contributed by atoms with Gasteiger partial charge in [-0.3, -0.25) is 9.59 Å². The molecule has 8 nitrogen and oxygen atoms in total. The smallest absolute Gasteiger partial charge is 0.408 e. The molecule has 0 aliphatic rings. The Morgan fingerprint density at radius 2 is 1.68 bits per heavy atom. The summed E-state index contributed by atoms with van der Waals surface area (Å²) in [6, 6.07) is 13.7. The maximum atomic E-state index is 12.0. The predicted octanol–water partition coefficient (Wildman–Crippen LogP) is 3.50. The quantitative estimate of drug-likeness (QED) is 0.574. The molecule has 0 aliphatic carbocycles. The molecular weight excluding hydrogens is 422 g/mol. The maximum Gasteiger partial charge on any atom is 0.408 e. The molecule has 0 aromatic heterocycles. The van der Waals surface area contributed by atoms with Crippen molar-refractivity contribution in [2.75, 3.05) is 18.5 Å². The van der Waals surface area contributed by atoms with Crippen molar-refractivity contribution in [2.24, 2.45) is 0 Å². The number of halogens is 1. The molecule has 0 spiro atoms. The van der Waals surface area contributed by atoms with Gasteiger partial charge in [-0.25, -0.2) is 4.79 Å². The van der Waals surface area contributed by atoms with Gasteiger partial charge in [-0.05, 0) is 62.7 Å². The number of anilines is 1. The second-order valence-corrected chi connectivity index (χ2v) is 8.06. The van der Waals surface area contributed by atoms with Crippen LogP contribution in [0.5, 0.6) is 5.75 Å². The van der Waals surface area contributed by atoms with Crippen LogP contribution in [-0.2, 0) is 20.9 Å². The summed E-state index contributed by atoms with van der Waals surface area (Å²) in [7, 11) is 0. The molecule has 0 fully saturated rings. The van der Waals surface area contributed by atoms with Gasteiger partial charge in [-0.15, -0.1) is 0 Å². The molecule has 0 bridgehead atoms. The fraction of sp³-hybridized carbons (Fsp3) is 0.318. The van der Waals surface area contributed by atoms with Crippen LogP contribution in [0.3, 0.4) is 0 Å². The van der Waals surface area contributed by atoms with Crippen molar-refractivity contribution >= 4 is 35.2 Å². The van der Waals surface area contributed by atoms with Gasteiger partial charge in [0.15, 0.2) is 6.61 Å². The third-order valence-corrected chi connectivity index (χ3v) is 3.93.